The highest BCUT2D eigenvalue weighted by molar-refractivity contribution is 7.80. The van der Waals surface area contributed by atoms with E-state index in [9.17, 15) is 0 Å². The highest BCUT2D eigenvalue weighted by Gasteiger charge is 2.22. The molecule has 0 unspecified atom stereocenters. The first-order chi connectivity index (χ1) is 13.6. The van der Waals surface area contributed by atoms with E-state index in [1.807, 2.05) is 42.5 Å². The second-order valence-electron chi connectivity index (χ2n) is 6.70. The Morgan fingerprint density at radius 1 is 1.07 bits per heavy atom. The third-order valence-electron chi connectivity index (χ3n) is 4.83. The van der Waals surface area contributed by atoms with E-state index in [1.54, 1.807) is 6.33 Å². The van der Waals surface area contributed by atoms with Gasteiger partial charge in [0.15, 0.2) is 5.11 Å². The predicted octanol–water partition coefficient (Wildman–Crippen LogP) is 4.89. The van der Waals surface area contributed by atoms with E-state index in [-0.39, 0.29) is 0 Å². The average Bonchev–Trinajstić information content (AvgIpc) is 2.70. The van der Waals surface area contributed by atoms with Crippen molar-refractivity contribution in [1.29, 1.82) is 0 Å². The van der Waals surface area contributed by atoms with Crippen LogP contribution in [0.3, 0.4) is 0 Å². The summed E-state index contributed by atoms with van der Waals surface area (Å²) in [5, 5.41) is 9.51. The van der Waals surface area contributed by atoms with Crippen molar-refractivity contribution in [3.63, 3.8) is 0 Å². The molecule has 4 rings (SSSR count). The number of nitrogens with one attached hydrogen (secondary N) is 2. The van der Waals surface area contributed by atoms with Crippen molar-refractivity contribution in [1.82, 2.24) is 15.3 Å². The van der Waals surface area contributed by atoms with Gasteiger partial charge in [-0.1, -0.05) is 35.3 Å². The Morgan fingerprint density at radius 3 is 2.64 bits per heavy atom. The Morgan fingerprint density at radius 2 is 1.86 bits per heavy atom. The number of nitrogens with zero attached hydrogens (tertiary/aromatic N) is 3. The summed E-state index contributed by atoms with van der Waals surface area (Å²) in [6, 6.07) is 13.6. The second kappa shape index (κ2) is 8.47. The lowest BCUT2D eigenvalue weighted by atomic mass is 10.0. The van der Waals surface area contributed by atoms with E-state index in [4.69, 9.17) is 35.4 Å². The first kappa shape index (κ1) is 19.2. The van der Waals surface area contributed by atoms with Crippen molar-refractivity contribution in [3.05, 3.63) is 58.8 Å². The maximum absolute atomic E-state index is 6.18. The largest absolute Gasteiger partial charge is 0.360 e. The normalized spacial score (nSPS) is 14.9. The molecule has 0 spiro atoms. The third kappa shape index (κ3) is 4.29. The van der Waals surface area contributed by atoms with Gasteiger partial charge in [0, 0.05) is 29.5 Å². The molecule has 0 atom stereocenters. The standard InChI is InChI=1S/C20H19Cl2N5S/c21-13-5-6-15-18(11-13)23-12-24-19(15)27-9-7-14(8-10-27)25-20(28)26-17-4-2-1-3-16(17)22/h1-6,11-12,14H,7-10H2,(H2,25,26,28). The molecule has 8 heteroatoms. The number of piperidine rings is 1. The van der Waals surface area contributed by atoms with Crippen LogP contribution < -0.4 is 15.5 Å². The van der Waals surface area contributed by atoms with Crippen LogP contribution in [0.5, 0.6) is 0 Å². The van der Waals surface area contributed by atoms with E-state index in [0.717, 1.165) is 48.3 Å². The van der Waals surface area contributed by atoms with Gasteiger partial charge in [0.2, 0.25) is 0 Å². The zero-order chi connectivity index (χ0) is 19.5. The fraction of sp³-hybridized carbons (Fsp3) is 0.250. The molecule has 1 aliphatic rings. The minimum Gasteiger partial charge on any atom is -0.360 e. The summed E-state index contributed by atoms with van der Waals surface area (Å²) in [5.41, 5.74) is 1.67. The average molecular weight is 432 g/mol. The van der Waals surface area contributed by atoms with Crippen LogP contribution in [-0.2, 0) is 0 Å². The van der Waals surface area contributed by atoms with Crippen molar-refractivity contribution in [3.8, 4) is 0 Å². The zero-order valence-electron chi connectivity index (χ0n) is 15.0. The fourth-order valence-electron chi connectivity index (χ4n) is 3.41. The number of benzene rings is 2. The Bertz CT molecular complexity index is 1000. The SMILES string of the molecule is S=C(Nc1ccccc1Cl)NC1CCN(c2ncnc3cc(Cl)ccc23)CC1. The van der Waals surface area contributed by atoms with Gasteiger partial charge in [-0.15, -0.1) is 0 Å². The van der Waals surface area contributed by atoms with Gasteiger partial charge >= 0.3 is 0 Å². The van der Waals surface area contributed by atoms with Crippen molar-refractivity contribution in [2.75, 3.05) is 23.3 Å². The lowest BCUT2D eigenvalue weighted by molar-refractivity contribution is 0.466. The molecule has 1 fully saturated rings. The van der Waals surface area contributed by atoms with Gasteiger partial charge in [0.05, 0.1) is 16.2 Å². The van der Waals surface area contributed by atoms with Gasteiger partial charge in [-0.2, -0.15) is 0 Å². The minimum atomic E-state index is 0.307. The number of hydrogen-bond donors (Lipinski definition) is 2. The van der Waals surface area contributed by atoms with Crippen LogP contribution >= 0.6 is 35.4 Å². The molecule has 1 aromatic heterocycles. The number of anilines is 2. The quantitative estimate of drug-likeness (QED) is 0.575. The summed E-state index contributed by atoms with van der Waals surface area (Å²) in [4.78, 5) is 11.1. The van der Waals surface area contributed by atoms with Gasteiger partial charge in [0.1, 0.15) is 12.1 Å². The van der Waals surface area contributed by atoms with Crippen LogP contribution in [-0.4, -0.2) is 34.2 Å². The second-order valence-corrected chi connectivity index (χ2v) is 7.95. The number of aromatic nitrogens is 2. The van der Waals surface area contributed by atoms with E-state index in [0.29, 0.717) is 21.2 Å². The monoisotopic (exact) mass is 431 g/mol. The van der Waals surface area contributed by atoms with Crippen molar-refractivity contribution < 1.29 is 0 Å². The van der Waals surface area contributed by atoms with Crippen molar-refractivity contribution in [2.24, 2.45) is 0 Å². The van der Waals surface area contributed by atoms with E-state index >= 15 is 0 Å². The highest BCUT2D eigenvalue weighted by Crippen LogP contribution is 2.27. The highest BCUT2D eigenvalue weighted by atomic mass is 35.5. The molecule has 2 aromatic carbocycles. The molecular weight excluding hydrogens is 413 g/mol. The van der Waals surface area contributed by atoms with Crippen molar-refractivity contribution in [2.45, 2.75) is 18.9 Å². The summed E-state index contributed by atoms with van der Waals surface area (Å²) in [5.74, 6) is 0.955. The molecule has 2 heterocycles. The number of rotatable bonds is 3. The van der Waals surface area contributed by atoms with Crippen LogP contribution in [0.4, 0.5) is 11.5 Å². The zero-order valence-corrected chi connectivity index (χ0v) is 17.4. The molecule has 0 saturated carbocycles. The Balaban J connectivity index is 1.37. The van der Waals surface area contributed by atoms with Crippen LogP contribution in [0.25, 0.3) is 10.9 Å². The van der Waals surface area contributed by atoms with Crippen LogP contribution in [0.2, 0.25) is 10.0 Å². The molecule has 28 heavy (non-hydrogen) atoms. The molecule has 0 bridgehead atoms. The smallest absolute Gasteiger partial charge is 0.171 e. The fourth-order valence-corrected chi connectivity index (χ4v) is 4.04. The third-order valence-corrected chi connectivity index (χ3v) is 5.61. The van der Waals surface area contributed by atoms with E-state index < -0.39 is 0 Å². The number of halogens is 2. The predicted molar refractivity (Wildman–Crippen MR) is 121 cm³/mol. The first-order valence-corrected chi connectivity index (χ1v) is 10.2. The molecule has 3 aromatic rings. The molecule has 0 radical (unpaired) electrons. The van der Waals surface area contributed by atoms with Crippen LogP contribution in [0.15, 0.2) is 48.8 Å². The molecule has 0 amide bonds. The minimum absolute atomic E-state index is 0.307. The molecule has 2 N–H and O–H groups in total. The molecule has 144 valence electrons. The summed E-state index contributed by atoms with van der Waals surface area (Å²) >= 11 is 17.7. The van der Waals surface area contributed by atoms with Crippen LogP contribution in [0.1, 0.15) is 12.8 Å². The summed E-state index contributed by atoms with van der Waals surface area (Å²) in [6.45, 7) is 1.78. The van der Waals surface area contributed by atoms with Crippen molar-refractivity contribution >= 4 is 62.9 Å². The molecular formula is C20H19Cl2N5S. The maximum Gasteiger partial charge on any atom is 0.171 e. The number of para-hydroxylation sites is 1. The number of thiocarbonyl (C=S) groups is 1. The Labute approximate surface area is 179 Å². The molecule has 1 saturated heterocycles. The van der Waals surface area contributed by atoms with Gasteiger partial charge < -0.3 is 15.5 Å². The Hall–Kier alpha value is -2.15. The van der Waals surface area contributed by atoms with E-state index in [1.165, 1.54) is 0 Å². The van der Waals surface area contributed by atoms with Gasteiger partial charge in [-0.3, -0.25) is 0 Å². The van der Waals surface area contributed by atoms with E-state index in [2.05, 4.69) is 25.5 Å². The topological polar surface area (TPSA) is 53.1 Å². The lowest BCUT2D eigenvalue weighted by Crippen LogP contribution is -2.46. The first-order valence-electron chi connectivity index (χ1n) is 9.07. The number of fused-ring (bicyclic) bond motifs is 1. The van der Waals surface area contributed by atoms with Gasteiger partial charge in [-0.25, -0.2) is 9.97 Å². The summed E-state index contributed by atoms with van der Waals surface area (Å²) in [6.07, 6.45) is 3.52. The molecule has 5 nitrogen and oxygen atoms in total. The maximum atomic E-state index is 6.18. The lowest BCUT2D eigenvalue weighted by Gasteiger charge is -2.34. The summed E-state index contributed by atoms with van der Waals surface area (Å²) in [7, 11) is 0. The Kier molecular flexibility index (Phi) is 5.80. The molecule has 0 aliphatic carbocycles. The van der Waals surface area contributed by atoms with Crippen LogP contribution in [0, 0.1) is 0 Å². The van der Waals surface area contributed by atoms with Gasteiger partial charge in [0.25, 0.3) is 0 Å². The summed E-state index contributed by atoms with van der Waals surface area (Å²) < 4.78 is 0. The number of hydrogen-bond acceptors (Lipinski definition) is 4. The van der Waals surface area contributed by atoms with Gasteiger partial charge in [-0.05, 0) is 55.4 Å². The molecule has 1 aliphatic heterocycles.